The Morgan fingerprint density at radius 2 is 2.23 bits per heavy atom. The average molecular weight is 357 g/mol. The number of hydrazine groups is 1. The van der Waals surface area contributed by atoms with Gasteiger partial charge in [-0.1, -0.05) is 6.07 Å². The van der Waals surface area contributed by atoms with E-state index in [1.807, 2.05) is 17.0 Å². The number of rotatable bonds is 4. The molecule has 3 heterocycles. The molecular formula is C19H27N5O2. The van der Waals surface area contributed by atoms with Crippen LogP contribution in [0.5, 0.6) is 0 Å². The lowest BCUT2D eigenvalue weighted by Gasteiger charge is -2.42. The topological polar surface area (TPSA) is 77.6 Å². The number of amides is 2. The van der Waals surface area contributed by atoms with Crippen molar-refractivity contribution < 1.29 is 9.59 Å². The van der Waals surface area contributed by atoms with Crippen LogP contribution in [-0.2, 0) is 16.0 Å². The minimum Gasteiger partial charge on any atom is -0.336 e. The van der Waals surface area contributed by atoms with E-state index in [9.17, 15) is 9.59 Å². The van der Waals surface area contributed by atoms with E-state index in [1.54, 1.807) is 17.3 Å². The first-order valence-corrected chi connectivity index (χ1v) is 9.65. The van der Waals surface area contributed by atoms with Crippen LogP contribution in [0, 0.1) is 5.92 Å². The fourth-order valence-corrected chi connectivity index (χ4v) is 4.48. The van der Waals surface area contributed by atoms with Gasteiger partial charge < -0.3 is 9.80 Å². The number of aromatic nitrogens is 1. The van der Waals surface area contributed by atoms with Gasteiger partial charge in [0.1, 0.15) is 0 Å². The van der Waals surface area contributed by atoms with Gasteiger partial charge in [-0.25, -0.2) is 0 Å². The lowest BCUT2D eigenvalue weighted by Crippen LogP contribution is -2.57. The van der Waals surface area contributed by atoms with Gasteiger partial charge in [-0.15, -0.1) is 0 Å². The summed E-state index contributed by atoms with van der Waals surface area (Å²) in [6.45, 7) is 2.56. The summed E-state index contributed by atoms with van der Waals surface area (Å²) in [4.78, 5) is 32.9. The number of pyridine rings is 1. The summed E-state index contributed by atoms with van der Waals surface area (Å²) in [6, 6.07) is 4.64. The molecule has 2 N–H and O–H groups in total. The molecule has 3 fully saturated rings. The molecule has 3 aliphatic rings. The van der Waals surface area contributed by atoms with Crippen molar-refractivity contribution in [1.29, 1.82) is 0 Å². The molecule has 7 nitrogen and oxygen atoms in total. The van der Waals surface area contributed by atoms with E-state index in [0.29, 0.717) is 43.9 Å². The quantitative estimate of drug-likeness (QED) is 0.812. The van der Waals surface area contributed by atoms with Crippen molar-refractivity contribution in [1.82, 2.24) is 25.6 Å². The van der Waals surface area contributed by atoms with Gasteiger partial charge >= 0.3 is 0 Å². The maximum absolute atomic E-state index is 12.7. The van der Waals surface area contributed by atoms with Crippen molar-refractivity contribution in [2.45, 2.75) is 44.2 Å². The molecule has 3 unspecified atom stereocenters. The summed E-state index contributed by atoms with van der Waals surface area (Å²) in [5, 5.41) is 0. The van der Waals surface area contributed by atoms with Crippen molar-refractivity contribution in [3.05, 3.63) is 30.1 Å². The molecule has 0 aromatic carbocycles. The SMILES string of the molecule is O=C(CCc1cccnc1)N1CCN(C2CCC3CNNC3C2)C(=O)C1. The van der Waals surface area contributed by atoms with E-state index in [4.69, 9.17) is 0 Å². The zero-order chi connectivity index (χ0) is 17.9. The smallest absolute Gasteiger partial charge is 0.242 e. The normalized spacial score (nSPS) is 28.9. The van der Waals surface area contributed by atoms with Gasteiger partial charge in [0.2, 0.25) is 11.8 Å². The third kappa shape index (κ3) is 3.73. The first-order chi connectivity index (χ1) is 12.7. The standard InChI is InChI=1S/C19H27N5O2/c25-18(6-3-14-2-1-7-20-11-14)23-8-9-24(19(26)13-23)16-5-4-15-12-21-22-17(15)10-16/h1-2,7,11,15-17,21-22H,3-6,8-10,12-13H2. The molecule has 1 aromatic rings. The van der Waals surface area contributed by atoms with Crippen LogP contribution in [0.4, 0.5) is 0 Å². The summed E-state index contributed by atoms with van der Waals surface area (Å²) in [5.41, 5.74) is 7.64. The number of piperazine rings is 1. The molecule has 7 heteroatoms. The molecule has 2 saturated heterocycles. The van der Waals surface area contributed by atoms with Gasteiger partial charge in [-0.3, -0.25) is 25.4 Å². The Morgan fingerprint density at radius 1 is 1.31 bits per heavy atom. The van der Waals surface area contributed by atoms with Crippen LogP contribution in [0.15, 0.2) is 24.5 Å². The first-order valence-electron chi connectivity index (χ1n) is 9.65. The predicted octanol–water partition coefficient (Wildman–Crippen LogP) is 0.330. The van der Waals surface area contributed by atoms with E-state index in [2.05, 4.69) is 15.8 Å². The van der Waals surface area contributed by atoms with Crippen molar-refractivity contribution in [3.63, 3.8) is 0 Å². The van der Waals surface area contributed by atoms with Crippen molar-refractivity contribution in [3.8, 4) is 0 Å². The van der Waals surface area contributed by atoms with Crippen LogP contribution in [0.3, 0.4) is 0 Å². The Morgan fingerprint density at radius 3 is 3.04 bits per heavy atom. The lowest BCUT2D eigenvalue weighted by atomic mass is 9.82. The number of fused-ring (bicyclic) bond motifs is 1. The third-order valence-electron chi connectivity index (χ3n) is 6.02. The molecule has 1 aromatic heterocycles. The Hall–Kier alpha value is -1.99. The van der Waals surface area contributed by atoms with Gasteiger partial charge in [0, 0.05) is 50.5 Å². The van der Waals surface area contributed by atoms with Gasteiger partial charge in [0.05, 0.1) is 6.54 Å². The fourth-order valence-electron chi connectivity index (χ4n) is 4.48. The third-order valence-corrected chi connectivity index (χ3v) is 6.02. The van der Waals surface area contributed by atoms with E-state index in [1.165, 1.54) is 0 Å². The summed E-state index contributed by atoms with van der Waals surface area (Å²) in [6.07, 6.45) is 7.87. The number of aryl methyl sites for hydroxylation is 1. The highest BCUT2D eigenvalue weighted by Gasteiger charge is 2.39. The van der Waals surface area contributed by atoms with Gasteiger partial charge in [0.25, 0.3) is 0 Å². The highest BCUT2D eigenvalue weighted by molar-refractivity contribution is 5.86. The summed E-state index contributed by atoms with van der Waals surface area (Å²) >= 11 is 0. The molecular weight excluding hydrogens is 330 g/mol. The molecule has 140 valence electrons. The number of hydrogen-bond acceptors (Lipinski definition) is 5. The second-order valence-corrected chi connectivity index (χ2v) is 7.62. The van der Waals surface area contributed by atoms with E-state index in [-0.39, 0.29) is 18.4 Å². The van der Waals surface area contributed by atoms with E-state index < -0.39 is 0 Å². The Labute approximate surface area is 154 Å². The van der Waals surface area contributed by atoms with Crippen LogP contribution >= 0.6 is 0 Å². The molecule has 26 heavy (non-hydrogen) atoms. The fraction of sp³-hybridized carbons (Fsp3) is 0.632. The Balaban J connectivity index is 1.28. The van der Waals surface area contributed by atoms with Gasteiger partial charge in [-0.2, -0.15) is 0 Å². The Bertz CT molecular complexity index is 653. The van der Waals surface area contributed by atoms with Crippen LogP contribution in [0.1, 0.15) is 31.2 Å². The number of carbonyl (C=O) groups is 2. The van der Waals surface area contributed by atoms with Crippen LogP contribution in [0.25, 0.3) is 0 Å². The van der Waals surface area contributed by atoms with E-state index >= 15 is 0 Å². The summed E-state index contributed by atoms with van der Waals surface area (Å²) in [7, 11) is 0. The Kier molecular flexibility index (Phi) is 5.17. The molecule has 2 amide bonds. The predicted molar refractivity (Wildman–Crippen MR) is 96.9 cm³/mol. The molecule has 3 atom stereocenters. The number of nitrogens with one attached hydrogen (secondary N) is 2. The van der Waals surface area contributed by atoms with Crippen molar-refractivity contribution >= 4 is 11.8 Å². The second kappa shape index (κ2) is 7.72. The second-order valence-electron chi connectivity index (χ2n) is 7.62. The van der Waals surface area contributed by atoms with Crippen molar-refractivity contribution in [2.75, 3.05) is 26.2 Å². The molecule has 4 rings (SSSR count). The zero-order valence-electron chi connectivity index (χ0n) is 15.1. The first kappa shape index (κ1) is 17.4. The molecule has 1 aliphatic carbocycles. The zero-order valence-corrected chi connectivity index (χ0v) is 15.1. The highest BCUT2D eigenvalue weighted by Crippen LogP contribution is 2.30. The van der Waals surface area contributed by atoms with E-state index in [0.717, 1.165) is 31.4 Å². The number of carbonyl (C=O) groups excluding carboxylic acids is 2. The average Bonchev–Trinajstić information content (AvgIpc) is 3.14. The highest BCUT2D eigenvalue weighted by atomic mass is 16.2. The van der Waals surface area contributed by atoms with Gasteiger partial charge in [-0.05, 0) is 43.2 Å². The lowest BCUT2D eigenvalue weighted by molar-refractivity contribution is -0.147. The molecule has 0 radical (unpaired) electrons. The minimum absolute atomic E-state index is 0.0622. The van der Waals surface area contributed by atoms with Crippen LogP contribution < -0.4 is 10.9 Å². The number of hydrogen-bond donors (Lipinski definition) is 2. The number of nitrogens with zero attached hydrogens (tertiary/aromatic N) is 3. The van der Waals surface area contributed by atoms with Crippen LogP contribution in [-0.4, -0.2) is 64.9 Å². The monoisotopic (exact) mass is 357 g/mol. The molecule has 0 bridgehead atoms. The summed E-state index contributed by atoms with van der Waals surface area (Å²) < 4.78 is 0. The molecule has 2 aliphatic heterocycles. The maximum atomic E-state index is 12.7. The largest absolute Gasteiger partial charge is 0.336 e. The van der Waals surface area contributed by atoms with Crippen LogP contribution in [0.2, 0.25) is 0 Å². The van der Waals surface area contributed by atoms with Gasteiger partial charge in [0.15, 0.2) is 0 Å². The summed E-state index contributed by atoms with van der Waals surface area (Å²) in [5.74, 6) is 0.851. The molecule has 0 spiro atoms. The molecule has 1 saturated carbocycles. The van der Waals surface area contributed by atoms with Crippen molar-refractivity contribution in [2.24, 2.45) is 5.92 Å². The maximum Gasteiger partial charge on any atom is 0.242 e. The minimum atomic E-state index is 0.0622.